The number of carbonyl (C=O) groups excluding carboxylic acids is 2. The van der Waals surface area contributed by atoms with Gasteiger partial charge in [-0.15, -0.1) is 10.2 Å². The molecule has 2 aromatic rings. The summed E-state index contributed by atoms with van der Waals surface area (Å²) in [4.78, 5) is 22.5. The number of nitrogens with zero attached hydrogens (tertiary/aromatic N) is 2. The Kier molecular flexibility index (Phi) is 5.77. The number of anilines is 2. The van der Waals surface area contributed by atoms with Gasteiger partial charge in [-0.3, -0.25) is 5.32 Å². The number of aromatic nitrogens is 2. The van der Waals surface area contributed by atoms with Crippen molar-refractivity contribution in [1.29, 1.82) is 0 Å². The summed E-state index contributed by atoms with van der Waals surface area (Å²) in [7, 11) is 1.56. The van der Waals surface area contributed by atoms with Crippen LogP contribution in [-0.4, -0.2) is 34.6 Å². The highest BCUT2D eigenvalue weighted by Gasteiger charge is 2.12. The molecule has 1 atom stereocenters. The number of carbonyl (C=O) groups is 2. The van der Waals surface area contributed by atoms with Gasteiger partial charge in [-0.1, -0.05) is 23.1 Å². The molecule has 8 nitrogen and oxygen atoms in total. The summed E-state index contributed by atoms with van der Waals surface area (Å²) in [6.45, 7) is 1.49. The van der Waals surface area contributed by atoms with Crippen LogP contribution in [-0.2, 0) is 4.79 Å². The molecule has 1 aromatic carbocycles. The van der Waals surface area contributed by atoms with Gasteiger partial charge in [-0.2, -0.15) is 0 Å². The Bertz CT molecular complexity index is 690. The number of benzene rings is 1. The SMILES string of the molecule is COc1ccc(NC(=O)Nc2nnc(S[C@H](C)C(=O)[O-])s2)cc1. The molecule has 0 saturated heterocycles. The number of urea groups is 1. The van der Waals surface area contributed by atoms with Gasteiger partial charge in [0.15, 0.2) is 4.34 Å². The monoisotopic (exact) mass is 353 g/mol. The number of nitrogens with one attached hydrogen (secondary N) is 2. The van der Waals surface area contributed by atoms with Gasteiger partial charge < -0.3 is 20.0 Å². The number of thioether (sulfide) groups is 1. The lowest BCUT2D eigenvalue weighted by Gasteiger charge is -2.08. The predicted molar refractivity (Wildman–Crippen MR) is 85.9 cm³/mol. The van der Waals surface area contributed by atoms with Crippen molar-refractivity contribution in [2.45, 2.75) is 16.5 Å². The van der Waals surface area contributed by atoms with Crippen LogP contribution in [0.25, 0.3) is 0 Å². The number of amides is 2. The van der Waals surface area contributed by atoms with Gasteiger partial charge in [-0.25, -0.2) is 4.79 Å². The molecule has 0 aliphatic heterocycles. The van der Waals surface area contributed by atoms with Crippen LogP contribution in [0.15, 0.2) is 28.6 Å². The molecule has 0 saturated carbocycles. The maximum absolute atomic E-state index is 11.9. The molecule has 10 heteroatoms. The van der Waals surface area contributed by atoms with E-state index in [0.717, 1.165) is 23.1 Å². The van der Waals surface area contributed by atoms with E-state index in [4.69, 9.17) is 4.74 Å². The van der Waals surface area contributed by atoms with Crippen molar-refractivity contribution in [3.63, 3.8) is 0 Å². The fraction of sp³-hybridized carbons (Fsp3) is 0.231. The van der Waals surface area contributed by atoms with Crippen molar-refractivity contribution < 1.29 is 19.4 Å². The Morgan fingerprint density at radius 2 is 1.96 bits per heavy atom. The highest BCUT2D eigenvalue weighted by atomic mass is 32.2. The van der Waals surface area contributed by atoms with Crippen LogP contribution in [0.5, 0.6) is 5.75 Å². The third-order valence-electron chi connectivity index (χ3n) is 2.58. The molecule has 2 rings (SSSR count). The first kappa shape index (κ1) is 17.0. The Hall–Kier alpha value is -2.33. The number of hydrogen-bond acceptors (Lipinski definition) is 8. The topological polar surface area (TPSA) is 116 Å². The van der Waals surface area contributed by atoms with Crippen LogP contribution in [0.2, 0.25) is 0 Å². The van der Waals surface area contributed by atoms with Crippen molar-refractivity contribution in [2.24, 2.45) is 0 Å². The molecule has 1 aromatic heterocycles. The first-order valence-electron chi connectivity index (χ1n) is 6.41. The van der Waals surface area contributed by atoms with E-state index in [1.807, 2.05) is 0 Å². The van der Waals surface area contributed by atoms with Gasteiger partial charge in [0.2, 0.25) is 5.13 Å². The first-order valence-corrected chi connectivity index (χ1v) is 8.10. The fourth-order valence-electron chi connectivity index (χ4n) is 1.44. The maximum Gasteiger partial charge on any atom is 0.325 e. The normalized spacial score (nSPS) is 11.6. The molecule has 122 valence electrons. The number of carboxylic acid groups (broad SMARTS) is 1. The number of carboxylic acids is 1. The van der Waals surface area contributed by atoms with Crippen molar-refractivity contribution in [3.8, 4) is 5.75 Å². The lowest BCUT2D eigenvalue weighted by Crippen LogP contribution is -2.31. The quantitative estimate of drug-likeness (QED) is 0.596. The molecule has 0 spiro atoms. The zero-order valence-corrected chi connectivity index (χ0v) is 13.9. The van der Waals surface area contributed by atoms with Crippen LogP contribution in [0.1, 0.15) is 6.92 Å². The van der Waals surface area contributed by atoms with E-state index in [9.17, 15) is 14.7 Å². The number of hydrogen-bond donors (Lipinski definition) is 2. The third kappa shape index (κ3) is 5.11. The highest BCUT2D eigenvalue weighted by Crippen LogP contribution is 2.28. The van der Waals surface area contributed by atoms with Crippen molar-refractivity contribution in [2.75, 3.05) is 17.7 Å². The van der Waals surface area contributed by atoms with Crippen LogP contribution in [0, 0.1) is 0 Å². The van der Waals surface area contributed by atoms with Gasteiger partial charge in [0, 0.05) is 10.9 Å². The number of methoxy groups -OCH3 is 1. The van der Waals surface area contributed by atoms with Crippen LogP contribution in [0.4, 0.5) is 15.6 Å². The second-order valence-electron chi connectivity index (χ2n) is 4.26. The lowest BCUT2D eigenvalue weighted by atomic mass is 10.3. The van der Waals surface area contributed by atoms with E-state index in [2.05, 4.69) is 20.8 Å². The Labute approximate surface area is 140 Å². The van der Waals surface area contributed by atoms with E-state index >= 15 is 0 Å². The maximum atomic E-state index is 11.9. The van der Waals surface area contributed by atoms with Crippen molar-refractivity contribution >= 4 is 45.9 Å². The largest absolute Gasteiger partial charge is 0.549 e. The summed E-state index contributed by atoms with van der Waals surface area (Å²) >= 11 is 2.09. The molecule has 0 aliphatic carbocycles. The molecule has 1 heterocycles. The second-order valence-corrected chi connectivity index (χ2v) is 6.83. The summed E-state index contributed by atoms with van der Waals surface area (Å²) in [5.74, 6) is -0.499. The van der Waals surface area contributed by atoms with Crippen LogP contribution in [0.3, 0.4) is 0 Å². The summed E-state index contributed by atoms with van der Waals surface area (Å²) in [6, 6.07) is 6.35. The van der Waals surface area contributed by atoms with Crippen LogP contribution < -0.4 is 20.5 Å². The summed E-state index contributed by atoms with van der Waals surface area (Å²) in [5, 5.41) is 22.9. The smallest absolute Gasteiger partial charge is 0.325 e. The van der Waals surface area contributed by atoms with E-state index in [0.29, 0.717) is 15.8 Å². The zero-order valence-electron chi connectivity index (χ0n) is 12.2. The molecule has 0 fully saturated rings. The highest BCUT2D eigenvalue weighted by molar-refractivity contribution is 8.02. The standard InChI is InChI=1S/C13H14N4O4S2/c1-7(10(18)19)22-13-17-16-12(23-13)15-11(20)14-8-3-5-9(21-2)6-4-8/h3-7H,1-2H3,(H,18,19)(H2,14,15,16,20)/p-1/t7-/m1/s1. The number of aliphatic carboxylic acids is 1. The van der Waals surface area contributed by atoms with E-state index in [-0.39, 0.29) is 5.13 Å². The summed E-state index contributed by atoms with van der Waals surface area (Å²) < 4.78 is 5.46. The fourth-order valence-corrected chi connectivity index (χ4v) is 3.26. The molecular formula is C13H13N4O4S2-. The number of ether oxygens (including phenoxy) is 1. The minimum Gasteiger partial charge on any atom is -0.549 e. The lowest BCUT2D eigenvalue weighted by molar-refractivity contribution is -0.304. The van der Waals surface area contributed by atoms with Crippen molar-refractivity contribution in [3.05, 3.63) is 24.3 Å². The minimum absolute atomic E-state index is 0.268. The third-order valence-corrected chi connectivity index (χ3v) is 4.59. The Morgan fingerprint density at radius 1 is 1.26 bits per heavy atom. The molecule has 2 amide bonds. The van der Waals surface area contributed by atoms with E-state index < -0.39 is 17.3 Å². The van der Waals surface area contributed by atoms with Gasteiger partial charge in [0.25, 0.3) is 0 Å². The molecular weight excluding hydrogens is 340 g/mol. The predicted octanol–water partition coefficient (Wildman–Crippen LogP) is 1.42. The molecule has 0 unspecified atom stereocenters. The number of rotatable bonds is 6. The second kappa shape index (κ2) is 7.79. The molecule has 0 bridgehead atoms. The average Bonchev–Trinajstić information content (AvgIpc) is 2.94. The van der Waals surface area contributed by atoms with Gasteiger partial charge in [0.05, 0.1) is 13.1 Å². The first-order chi connectivity index (χ1) is 11.0. The molecule has 23 heavy (non-hydrogen) atoms. The van der Waals surface area contributed by atoms with Crippen LogP contribution >= 0.6 is 23.1 Å². The molecule has 2 N–H and O–H groups in total. The summed E-state index contributed by atoms with van der Waals surface area (Å²) in [5.41, 5.74) is 0.591. The Morgan fingerprint density at radius 3 is 2.57 bits per heavy atom. The minimum atomic E-state index is -1.18. The van der Waals surface area contributed by atoms with Gasteiger partial charge >= 0.3 is 6.03 Å². The summed E-state index contributed by atoms with van der Waals surface area (Å²) in [6.07, 6.45) is 0. The zero-order chi connectivity index (χ0) is 16.8. The van der Waals surface area contributed by atoms with E-state index in [1.54, 1.807) is 31.4 Å². The Balaban J connectivity index is 1.90. The average molecular weight is 353 g/mol. The molecule has 0 aliphatic rings. The van der Waals surface area contributed by atoms with E-state index in [1.165, 1.54) is 6.92 Å². The van der Waals surface area contributed by atoms with Gasteiger partial charge in [0.1, 0.15) is 5.75 Å². The van der Waals surface area contributed by atoms with Crippen molar-refractivity contribution in [1.82, 2.24) is 10.2 Å². The molecule has 0 radical (unpaired) electrons. The van der Waals surface area contributed by atoms with Gasteiger partial charge in [-0.05, 0) is 31.2 Å².